The topological polar surface area (TPSA) is 52.9 Å². The molecule has 1 unspecified atom stereocenters. The Kier molecular flexibility index (Phi) is 5.73. The van der Waals surface area contributed by atoms with Crippen molar-refractivity contribution in [2.75, 3.05) is 5.32 Å². The van der Waals surface area contributed by atoms with Crippen LogP contribution in [-0.2, 0) is 4.79 Å². The second-order valence-electron chi connectivity index (χ2n) is 7.49. The van der Waals surface area contributed by atoms with Gasteiger partial charge >= 0.3 is 0 Å². The van der Waals surface area contributed by atoms with Crippen LogP contribution in [0.15, 0.2) is 48.5 Å². The van der Waals surface area contributed by atoms with Crippen molar-refractivity contribution in [2.24, 2.45) is 11.8 Å². The van der Waals surface area contributed by atoms with Crippen molar-refractivity contribution >= 4 is 11.6 Å². The van der Waals surface area contributed by atoms with Gasteiger partial charge in [0.15, 0.2) is 0 Å². The van der Waals surface area contributed by atoms with Gasteiger partial charge in [-0.25, -0.2) is 0 Å². The summed E-state index contributed by atoms with van der Waals surface area (Å²) in [4.78, 5) is 12.6. The number of nitrogens with zero attached hydrogens (tertiary/aromatic N) is 1. The van der Waals surface area contributed by atoms with Gasteiger partial charge in [0.2, 0.25) is 5.91 Å². The van der Waals surface area contributed by atoms with Gasteiger partial charge in [-0.1, -0.05) is 36.8 Å². The van der Waals surface area contributed by atoms with Crippen LogP contribution in [0.4, 0.5) is 5.69 Å². The van der Waals surface area contributed by atoms with Crippen molar-refractivity contribution in [2.45, 2.75) is 45.4 Å². The minimum atomic E-state index is 0.00427. The lowest BCUT2D eigenvalue weighted by atomic mass is 9.74. The Morgan fingerprint density at radius 3 is 2.23 bits per heavy atom. The summed E-state index contributed by atoms with van der Waals surface area (Å²) in [6.45, 7) is 4.16. The first-order valence-electron chi connectivity index (χ1n) is 9.44. The first kappa shape index (κ1) is 18.2. The average Bonchev–Trinajstić information content (AvgIpc) is 2.69. The van der Waals surface area contributed by atoms with Crippen LogP contribution in [0.5, 0.6) is 0 Å². The molecule has 0 spiro atoms. The summed E-state index contributed by atoms with van der Waals surface area (Å²) >= 11 is 0. The summed E-state index contributed by atoms with van der Waals surface area (Å²) in [5.74, 6) is 1.15. The molecule has 134 valence electrons. The first-order chi connectivity index (χ1) is 12.6. The summed E-state index contributed by atoms with van der Waals surface area (Å²) in [5, 5.41) is 11.8. The number of aryl methyl sites for hydroxylation is 1. The highest BCUT2D eigenvalue weighted by atomic mass is 16.1. The number of rotatable bonds is 4. The van der Waals surface area contributed by atoms with Gasteiger partial charge in [0, 0.05) is 11.6 Å². The monoisotopic (exact) mass is 346 g/mol. The van der Waals surface area contributed by atoms with Crippen LogP contribution < -0.4 is 5.32 Å². The molecule has 0 radical (unpaired) electrons. The maximum Gasteiger partial charge on any atom is 0.227 e. The minimum Gasteiger partial charge on any atom is -0.326 e. The van der Waals surface area contributed by atoms with E-state index in [1.165, 1.54) is 11.1 Å². The number of hydrogen-bond acceptors (Lipinski definition) is 2. The van der Waals surface area contributed by atoms with Crippen LogP contribution in [0.3, 0.4) is 0 Å². The average molecular weight is 346 g/mol. The molecule has 2 aromatic rings. The molecule has 1 amide bonds. The quantitative estimate of drug-likeness (QED) is 0.804. The Hall–Kier alpha value is -2.60. The van der Waals surface area contributed by atoms with Gasteiger partial charge in [0.25, 0.3) is 0 Å². The van der Waals surface area contributed by atoms with E-state index in [0.29, 0.717) is 17.4 Å². The number of nitriles is 1. The van der Waals surface area contributed by atoms with Crippen LogP contribution in [0, 0.1) is 30.1 Å². The third-order valence-electron chi connectivity index (χ3n) is 5.72. The van der Waals surface area contributed by atoms with Crippen molar-refractivity contribution < 1.29 is 4.79 Å². The minimum absolute atomic E-state index is 0.00427. The van der Waals surface area contributed by atoms with Crippen molar-refractivity contribution in [3.63, 3.8) is 0 Å². The zero-order valence-electron chi connectivity index (χ0n) is 15.5. The molecule has 1 fully saturated rings. The highest BCUT2D eigenvalue weighted by molar-refractivity contribution is 5.92. The number of carbonyl (C=O) groups is 1. The number of nitrogens with one attached hydrogen (secondary N) is 1. The largest absolute Gasteiger partial charge is 0.326 e. The highest BCUT2D eigenvalue weighted by Gasteiger charge is 2.29. The Morgan fingerprint density at radius 1 is 1.04 bits per heavy atom. The molecule has 0 saturated heterocycles. The summed E-state index contributed by atoms with van der Waals surface area (Å²) in [6, 6.07) is 18.0. The molecule has 3 nitrogen and oxygen atoms in total. The predicted molar refractivity (Wildman–Crippen MR) is 105 cm³/mol. The summed E-state index contributed by atoms with van der Waals surface area (Å²) in [6.07, 6.45) is 4.51. The van der Waals surface area contributed by atoms with E-state index in [1.807, 2.05) is 6.92 Å². The lowest BCUT2D eigenvalue weighted by molar-refractivity contribution is -0.121. The van der Waals surface area contributed by atoms with E-state index >= 15 is 0 Å². The second kappa shape index (κ2) is 8.19. The molecule has 1 aliphatic carbocycles. The van der Waals surface area contributed by atoms with Crippen LogP contribution in [0.25, 0.3) is 0 Å². The zero-order valence-corrected chi connectivity index (χ0v) is 15.5. The van der Waals surface area contributed by atoms with Crippen LogP contribution in [-0.4, -0.2) is 5.91 Å². The molecule has 3 rings (SSSR count). The maximum atomic E-state index is 12.6. The lowest BCUT2D eigenvalue weighted by Gasteiger charge is -2.32. The van der Waals surface area contributed by atoms with Crippen molar-refractivity contribution in [3.05, 3.63) is 65.2 Å². The predicted octanol–water partition coefficient (Wildman–Crippen LogP) is 5.42. The van der Waals surface area contributed by atoms with E-state index in [4.69, 9.17) is 5.26 Å². The fourth-order valence-electron chi connectivity index (χ4n) is 3.89. The number of anilines is 1. The van der Waals surface area contributed by atoms with Crippen molar-refractivity contribution in [3.8, 4) is 6.07 Å². The van der Waals surface area contributed by atoms with Crippen molar-refractivity contribution in [1.29, 1.82) is 5.26 Å². The molecule has 0 bridgehead atoms. The third-order valence-corrected chi connectivity index (χ3v) is 5.72. The molecule has 0 aliphatic heterocycles. The molecule has 1 saturated carbocycles. The first-order valence-corrected chi connectivity index (χ1v) is 9.44. The van der Waals surface area contributed by atoms with Crippen LogP contribution in [0.1, 0.15) is 55.2 Å². The smallest absolute Gasteiger partial charge is 0.227 e. The molecule has 0 aromatic heterocycles. The molecular weight excluding hydrogens is 320 g/mol. The van der Waals surface area contributed by atoms with E-state index in [0.717, 1.165) is 31.4 Å². The zero-order chi connectivity index (χ0) is 18.5. The standard InChI is InChI=1S/C23H26N2O/c1-16-3-7-20(8-4-16)21-11-9-19(10-12-21)17(2)23(26)25-22-13-5-18(15-24)6-14-22/h3-8,13-14,17,19,21H,9-12H2,1-2H3,(H,25,26). The van der Waals surface area contributed by atoms with Crippen LogP contribution >= 0.6 is 0 Å². The van der Waals surface area contributed by atoms with E-state index < -0.39 is 0 Å². The molecule has 1 N–H and O–H groups in total. The number of benzene rings is 2. The second-order valence-corrected chi connectivity index (χ2v) is 7.49. The maximum absolute atomic E-state index is 12.6. The Balaban J connectivity index is 1.53. The Morgan fingerprint density at radius 2 is 1.65 bits per heavy atom. The van der Waals surface area contributed by atoms with Gasteiger partial charge in [0.05, 0.1) is 11.6 Å². The van der Waals surface area contributed by atoms with E-state index in [2.05, 4.69) is 42.6 Å². The summed E-state index contributed by atoms with van der Waals surface area (Å²) in [7, 11) is 0. The SMILES string of the molecule is Cc1ccc(C2CCC(C(C)C(=O)Nc3ccc(C#N)cc3)CC2)cc1. The van der Waals surface area contributed by atoms with E-state index in [1.54, 1.807) is 24.3 Å². The molecule has 1 aliphatic rings. The van der Waals surface area contributed by atoms with Crippen LogP contribution in [0.2, 0.25) is 0 Å². The van der Waals surface area contributed by atoms with Gasteiger partial charge in [-0.2, -0.15) is 5.26 Å². The molecule has 0 heterocycles. The third kappa shape index (κ3) is 4.32. The lowest BCUT2D eigenvalue weighted by Crippen LogP contribution is -2.29. The summed E-state index contributed by atoms with van der Waals surface area (Å²) in [5.41, 5.74) is 4.10. The molecule has 2 aromatic carbocycles. The molecule has 26 heavy (non-hydrogen) atoms. The fourth-order valence-corrected chi connectivity index (χ4v) is 3.89. The highest BCUT2D eigenvalue weighted by Crippen LogP contribution is 2.39. The summed E-state index contributed by atoms with van der Waals surface area (Å²) < 4.78 is 0. The van der Waals surface area contributed by atoms with E-state index in [-0.39, 0.29) is 11.8 Å². The Labute approximate surface area is 156 Å². The number of hydrogen-bond donors (Lipinski definition) is 1. The van der Waals surface area contributed by atoms with Gasteiger partial charge in [0.1, 0.15) is 0 Å². The van der Waals surface area contributed by atoms with Gasteiger partial charge in [-0.05, 0) is 74.3 Å². The van der Waals surface area contributed by atoms with Crippen molar-refractivity contribution in [1.82, 2.24) is 0 Å². The van der Waals surface area contributed by atoms with Gasteiger partial charge in [-0.3, -0.25) is 4.79 Å². The van der Waals surface area contributed by atoms with E-state index in [9.17, 15) is 4.79 Å². The molecule has 3 heteroatoms. The molecular formula is C23H26N2O. The van der Waals surface area contributed by atoms with Gasteiger partial charge in [-0.15, -0.1) is 0 Å². The number of carbonyl (C=O) groups excluding carboxylic acids is 1. The number of amides is 1. The normalized spacial score (nSPS) is 20.8. The molecule has 1 atom stereocenters. The van der Waals surface area contributed by atoms with Gasteiger partial charge < -0.3 is 5.32 Å². The Bertz CT molecular complexity index is 778. The fraction of sp³-hybridized carbons (Fsp3) is 0.391.